The van der Waals surface area contributed by atoms with E-state index >= 15 is 0 Å². The van der Waals surface area contributed by atoms with Gasteiger partial charge in [0, 0.05) is 23.0 Å². The second-order valence-corrected chi connectivity index (χ2v) is 5.79. The molecule has 1 heterocycles. The molecular weight excluding hydrogens is 314 g/mol. The minimum atomic E-state index is -0.822. The van der Waals surface area contributed by atoms with Crippen LogP contribution in [-0.4, -0.2) is 16.1 Å². The number of carboxylic acids is 1. The van der Waals surface area contributed by atoms with Crippen LogP contribution in [0.2, 0.25) is 0 Å². The van der Waals surface area contributed by atoms with Gasteiger partial charge < -0.3 is 10.1 Å². The van der Waals surface area contributed by atoms with Crippen LogP contribution >= 0.6 is 0 Å². The first-order valence-corrected chi connectivity index (χ1v) is 7.89. The summed E-state index contributed by atoms with van der Waals surface area (Å²) < 4.78 is 0. The molecular formula is C20H15N3O2. The topological polar surface area (TPSA) is 101 Å². The monoisotopic (exact) mass is 329 g/mol. The lowest BCUT2D eigenvalue weighted by atomic mass is 9.99. The highest BCUT2D eigenvalue weighted by atomic mass is 16.4. The normalized spacial score (nSPS) is 10.3. The van der Waals surface area contributed by atoms with Gasteiger partial charge in [0.1, 0.15) is 0 Å². The number of carbonyl (C=O) groups is 1. The molecule has 1 aromatic heterocycles. The number of benzene rings is 2. The summed E-state index contributed by atoms with van der Waals surface area (Å²) in [4.78, 5) is 14.2. The van der Waals surface area contributed by atoms with Crippen molar-refractivity contribution in [3.63, 3.8) is 0 Å². The van der Waals surface area contributed by atoms with Gasteiger partial charge in [-0.3, -0.25) is 4.79 Å². The van der Waals surface area contributed by atoms with Crippen molar-refractivity contribution in [1.29, 1.82) is 10.5 Å². The Balaban J connectivity index is 2.10. The smallest absolute Gasteiger partial charge is 0.303 e. The zero-order chi connectivity index (χ0) is 17.8. The Kier molecular flexibility index (Phi) is 4.50. The standard InChI is InChI=1S/C20H15N3O2/c21-11-13-4-7-15(8-5-13)20-16(2-1-3-19(24)25)17-10-14(12-22)6-9-18(17)23-20/h4-10,23H,1-3H2,(H,24,25). The fourth-order valence-electron chi connectivity index (χ4n) is 2.95. The van der Waals surface area contributed by atoms with Gasteiger partial charge in [0.2, 0.25) is 0 Å². The quantitative estimate of drug-likeness (QED) is 0.739. The Morgan fingerprint density at radius 2 is 1.72 bits per heavy atom. The van der Waals surface area contributed by atoms with Crippen molar-refractivity contribution < 1.29 is 9.90 Å². The lowest BCUT2D eigenvalue weighted by Gasteiger charge is -2.05. The molecule has 0 unspecified atom stereocenters. The molecule has 122 valence electrons. The van der Waals surface area contributed by atoms with E-state index in [1.807, 2.05) is 24.3 Å². The molecule has 3 aromatic rings. The van der Waals surface area contributed by atoms with Gasteiger partial charge in [-0.15, -0.1) is 0 Å². The van der Waals surface area contributed by atoms with E-state index in [9.17, 15) is 4.79 Å². The molecule has 25 heavy (non-hydrogen) atoms. The molecule has 0 aliphatic heterocycles. The first-order valence-electron chi connectivity index (χ1n) is 7.89. The minimum absolute atomic E-state index is 0.0947. The molecule has 0 bridgehead atoms. The Morgan fingerprint density at radius 3 is 2.36 bits per heavy atom. The number of nitrogens with one attached hydrogen (secondary N) is 1. The molecule has 0 saturated heterocycles. The number of carboxylic acid groups (broad SMARTS) is 1. The van der Waals surface area contributed by atoms with Crippen molar-refractivity contribution in [2.45, 2.75) is 19.3 Å². The van der Waals surface area contributed by atoms with Crippen LogP contribution < -0.4 is 0 Å². The lowest BCUT2D eigenvalue weighted by molar-refractivity contribution is -0.137. The van der Waals surface area contributed by atoms with Gasteiger partial charge in [-0.05, 0) is 54.3 Å². The minimum Gasteiger partial charge on any atom is -0.481 e. The van der Waals surface area contributed by atoms with Gasteiger partial charge in [-0.25, -0.2) is 0 Å². The van der Waals surface area contributed by atoms with Crippen molar-refractivity contribution in [2.75, 3.05) is 0 Å². The number of aromatic amines is 1. The van der Waals surface area contributed by atoms with Crippen LogP contribution in [0.4, 0.5) is 0 Å². The van der Waals surface area contributed by atoms with Crippen LogP contribution in [0.1, 0.15) is 29.5 Å². The van der Waals surface area contributed by atoms with Crippen LogP contribution in [0, 0.1) is 22.7 Å². The zero-order valence-electron chi connectivity index (χ0n) is 13.4. The molecule has 0 atom stereocenters. The van der Waals surface area contributed by atoms with Crippen molar-refractivity contribution in [3.05, 3.63) is 59.2 Å². The van der Waals surface area contributed by atoms with Gasteiger partial charge in [-0.1, -0.05) is 12.1 Å². The highest BCUT2D eigenvalue weighted by molar-refractivity contribution is 5.91. The molecule has 3 rings (SSSR count). The van der Waals surface area contributed by atoms with E-state index in [1.165, 1.54) is 0 Å². The molecule has 0 spiro atoms. The number of nitrogens with zero attached hydrogens (tertiary/aromatic N) is 2. The van der Waals surface area contributed by atoms with Crippen molar-refractivity contribution in [2.24, 2.45) is 0 Å². The van der Waals surface area contributed by atoms with Crippen LogP contribution in [0.25, 0.3) is 22.2 Å². The second kappa shape index (κ2) is 6.90. The Hall–Kier alpha value is -3.57. The Labute approximate surface area is 144 Å². The predicted molar refractivity (Wildman–Crippen MR) is 93.7 cm³/mol. The molecule has 0 amide bonds. The third-order valence-corrected chi connectivity index (χ3v) is 4.16. The number of aromatic nitrogens is 1. The van der Waals surface area contributed by atoms with Crippen molar-refractivity contribution in [3.8, 4) is 23.4 Å². The molecule has 2 aromatic carbocycles. The largest absolute Gasteiger partial charge is 0.481 e. The number of aryl methyl sites for hydroxylation is 1. The van der Waals surface area contributed by atoms with E-state index in [4.69, 9.17) is 15.6 Å². The fraction of sp³-hybridized carbons (Fsp3) is 0.150. The molecule has 0 radical (unpaired) electrons. The SMILES string of the molecule is N#Cc1ccc(-c2[nH]c3ccc(C#N)cc3c2CCCC(=O)O)cc1. The molecule has 0 saturated carbocycles. The second-order valence-electron chi connectivity index (χ2n) is 5.79. The number of aliphatic carboxylic acids is 1. The molecule has 0 aliphatic carbocycles. The average Bonchev–Trinajstić information content (AvgIpc) is 2.99. The van der Waals surface area contributed by atoms with Crippen LogP contribution in [-0.2, 0) is 11.2 Å². The van der Waals surface area contributed by atoms with Gasteiger partial charge in [-0.2, -0.15) is 10.5 Å². The van der Waals surface area contributed by atoms with E-state index in [2.05, 4.69) is 17.1 Å². The maximum Gasteiger partial charge on any atom is 0.303 e. The summed E-state index contributed by atoms with van der Waals surface area (Å²) >= 11 is 0. The lowest BCUT2D eigenvalue weighted by Crippen LogP contribution is -1.96. The van der Waals surface area contributed by atoms with E-state index in [0.717, 1.165) is 27.7 Å². The van der Waals surface area contributed by atoms with Crippen LogP contribution in [0.15, 0.2) is 42.5 Å². The Bertz CT molecular complexity index is 1020. The first-order chi connectivity index (χ1) is 12.1. The maximum atomic E-state index is 10.8. The number of hydrogen-bond donors (Lipinski definition) is 2. The maximum absolute atomic E-state index is 10.8. The molecule has 2 N–H and O–H groups in total. The van der Waals surface area contributed by atoms with Crippen molar-refractivity contribution >= 4 is 16.9 Å². The van der Waals surface area contributed by atoms with Gasteiger partial charge >= 0.3 is 5.97 Å². The van der Waals surface area contributed by atoms with Gasteiger partial charge in [0.05, 0.1) is 23.3 Å². The summed E-state index contributed by atoms with van der Waals surface area (Å²) in [5.74, 6) is -0.822. The number of rotatable bonds is 5. The molecule has 5 nitrogen and oxygen atoms in total. The third-order valence-electron chi connectivity index (χ3n) is 4.16. The summed E-state index contributed by atoms with van der Waals surface area (Å²) in [6.45, 7) is 0. The summed E-state index contributed by atoms with van der Waals surface area (Å²) in [6.07, 6.45) is 1.20. The highest BCUT2D eigenvalue weighted by Crippen LogP contribution is 2.32. The predicted octanol–water partition coefficient (Wildman–Crippen LogP) is 3.99. The zero-order valence-corrected chi connectivity index (χ0v) is 13.4. The van der Waals surface area contributed by atoms with Crippen LogP contribution in [0.5, 0.6) is 0 Å². The molecule has 0 fully saturated rings. The summed E-state index contributed by atoms with van der Waals surface area (Å²) in [5.41, 5.74) is 4.89. The average molecular weight is 329 g/mol. The van der Waals surface area contributed by atoms with Gasteiger partial charge in [0.15, 0.2) is 0 Å². The summed E-state index contributed by atoms with van der Waals surface area (Å²) in [7, 11) is 0. The summed E-state index contributed by atoms with van der Waals surface area (Å²) in [6, 6.07) is 16.9. The number of nitriles is 2. The molecule has 5 heteroatoms. The van der Waals surface area contributed by atoms with Crippen LogP contribution in [0.3, 0.4) is 0 Å². The highest BCUT2D eigenvalue weighted by Gasteiger charge is 2.14. The van der Waals surface area contributed by atoms with Crippen molar-refractivity contribution in [1.82, 2.24) is 4.98 Å². The number of hydrogen-bond acceptors (Lipinski definition) is 3. The van der Waals surface area contributed by atoms with E-state index in [1.54, 1.807) is 18.2 Å². The number of fused-ring (bicyclic) bond motifs is 1. The molecule has 0 aliphatic rings. The van der Waals surface area contributed by atoms with E-state index < -0.39 is 5.97 Å². The van der Waals surface area contributed by atoms with Gasteiger partial charge in [0.25, 0.3) is 0 Å². The number of H-pyrrole nitrogens is 1. The first kappa shape index (κ1) is 16.3. The van der Waals surface area contributed by atoms with E-state index in [0.29, 0.717) is 24.0 Å². The Morgan fingerprint density at radius 1 is 1.04 bits per heavy atom. The summed E-state index contributed by atoms with van der Waals surface area (Å²) in [5, 5.41) is 27.9. The fourth-order valence-corrected chi connectivity index (χ4v) is 2.95. The third kappa shape index (κ3) is 3.36. The van der Waals surface area contributed by atoms with E-state index in [-0.39, 0.29) is 6.42 Å².